The summed E-state index contributed by atoms with van der Waals surface area (Å²) in [7, 11) is 1.59. The molecule has 1 amide bonds. The van der Waals surface area contributed by atoms with E-state index in [9.17, 15) is 13.6 Å². The molecule has 1 heterocycles. The minimum absolute atomic E-state index is 0.00705. The van der Waals surface area contributed by atoms with E-state index in [1.807, 2.05) is 24.3 Å². The third kappa shape index (κ3) is 4.59. The Morgan fingerprint density at radius 1 is 1.07 bits per heavy atom. The minimum Gasteiger partial charge on any atom is -0.497 e. The lowest BCUT2D eigenvalue weighted by Gasteiger charge is -2.10. The van der Waals surface area contributed by atoms with Crippen molar-refractivity contribution >= 4 is 17.4 Å². The predicted molar refractivity (Wildman–Crippen MR) is 101 cm³/mol. The lowest BCUT2D eigenvalue weighted by Crippen LogP contribution is -2.17. The Kier molecular flexibility index (Phi) is 5.78. The molecule has 0 aliphatic rings. The van der Waals surface area contributed by atoms with Crippen LogP contribution in [0.1, 0.15) is 21.9 Å². The molecule has 0 saturated heterocycles. The van der Waals surface area contributed by atoms with Crippen LogP contribution in [0.4, 0.5) is 20.3 Å². The van der Waals surface area contributed by atoms with E-state index in [0.29, 0.717) is 18.2 Å². The number of nitrogens with zero attached hydrogens (tertiary/aromatic N) is 2. The Labute approximate surface area is 160 Å². The zero-order chi connectivity index (χ0) is 20.1. The van der Waals surface area contributed by atoms with E-state index < -0.39 is 23.2 Å². The predicted octanol–water partition coefficient (Wildman–Crippen LogP) is 3.94. The van der Waals surface area contributed by atoms with Gasteiger partial charge in [0.1, 0.15) is 40.4 Å². The average Bonchev–Trinajstić information content (AvgIpc) is 2.69. The van der Waals surface area contributed by atoms with Crippen molar-refractivity contribution in [3.63, 3.8) is 0 Å². The van der Waals surface area contributed by atoms with Gasteiger partial charge < -0.3 is 15.4 Å². The fourth-order valence-corrected chi connectivity index (χ4v) is 2.51. The fourth-order valence-electron chi connectivity index (χ4n) is 2.51. The molecule has 144 valence electrons. The van der Waals surface area contributed by atoms with Crippen molar-refractivity contribution in [1.82, 2.24) is 9.97 Å². The monoisotopic (exact) mass is 384 g/mol. The van der Waals surface area contributed by atoms with Gasteiger partial charge in [-0.05, 0) is 36.8 Å². The van der Waals surface area contributed by atoms with Crippen LogP contribution >= 0.6 is 0 Å². The summed E-state index contributed by atoms with van der Waals surface area (Å²) in [5, 5.41) is 5.32. The van der Waals surface area contributed by atoms with Gasteiger partial charge in [-0.1, -0.05) is 18.2 Å². The zero-order valence-corrected chi connectivity index (χ0v) is 15.3. The maximum Gasteiger partial charge on any atom is 0.274 e. The molecule has 0 aliphatic heterocycles. The maximum atomic E-state index is 13.7. The van der Waals surface area contributed by atoms with Gasteiger partial charge in [0.2, 0.25) is 0 Å². The van der Waals surface area contributed by atoms with E-state index in [-0.39, 0.29) is 5.69 Å². The van der Waals surface area contributed by atoms with Crippen LogP contribution in [-0.4, -0.2) is 23.0 Å². The molecule has 3 aromatic rings. The van der Waals surface area contributed by atoms with Gasteiger partial charge in [-0.25, -0.2) is 18.7 Å². The SMILES string of the molecule is COc1ccc(CNc2cc(C(=O)Nc3c(F)cccc3F)nc(C)n2)cc1. The summed E-state index contributed by atoms with van der Waals surface area (Å²) in [6.07, 6.45) is 0. The molecule has 0 unspecified atom stereocenters. The van der Waals surface area contributed by atoms with Crippen LogP contribution in [0.2, 0.25) is 0 Å². The van der Waals surface area contributed by atoms with Crippen molar-refractivity contribution in [2.45, 2.75) is 13.5 Å². The van der Waals surface area contributed by atoms with Crippen molar-refractivity contribution in [3.05, 3.63) is 77.2 Å². The summed E-state index contributed by atoms with van der Waals surface area (Å²) in [5.41, 5.74) is 0.459. The molecule has 0 atom stereocenters. The number of ether oxygens (including phenoxy) is 1. The van der Waals surface area contributed by atoms with Gasteiger partial charge in [-0.15, -0.1) is 0 Å². The Hall–Kier alpha value is -3.55. The highest BCUT2D eigenvalue weighted by molar-refractivity contribution is 6.03. The van der Waals surface area contributed by atoms with Crippen molar-refractivity contribution < 1.29 is 18.3 Å². The second-order valence-corrected chi connectivity index (χ2v) is 5.94. The summed E-state index contributed by atoms with van der Waals surface area (Å²) in [4.78, 5) is 20.7. The number of nitrogens with one attached hydrogen (secondary N) is 2. The number of carbonyl (C=O) groups excluding carboxylic acids is 1. The van der Waals surface area contributed by atoms with Gasteiger partial charge >= 0.3 is 0 Å². The molecule has 0 saturated carbocycles. The molecule has 2 N–H and O–H groups in total. The van der Waals surface area contributed by atoms with E-state index >= 15 is 0 Å². The molecule has 1 aromatic heterocycles. The van der Waals surface area contributed by atoms with Crippen LogP contribution in [0, 0.1) is 18.6 Å². The van der Waals surface area contributed by atoms with Gasteiger partial charge in [-0.3, -0.25) is 4.79 Å². The first-order valence-corrected chi connectivity index (χ1v) is 8.44. The number of hydrogen-bond donors (Lipinski definition) is 2. The molecule has 0 aliphatic carbocycles. The summed E-state index contributed by atoms with van der Waals surface area (Å²) in [6, 6.07) is 12.2. The number of amides is 1. The Balaban J connectivity index is 1.74. The van der Waals surface area contributed by atoms with E-state index in [2.05, 4.69) is 20.6 Å². The quantitative estimate of drug-likeness (QED) is 0.673. The number of aryl methyl sites for hydroxylation is 1. The molecule has 0 radical (unpaired) electrons. The zero-order valence-electron chi connectivity index (χ0n) is 15.3. The Morgan fingerprint density at radius 3 is 2.39 bits per heavy atom. The van der Waals surface area contributed by atoms with E-state index in [4.69, 9.17) is 4.74 Å². The number of hydrogen-bond acceptors (Lipinski definition) is 5. The third-order valence-electron chi connectivity index (χ3n) is 3.90. The second kappa shape index (κ2) is 8.43. The van der Waals surface area contributed by atoms with Crippen molar-refractivity contribution in [2.75, 3.05) is 17.7 Å². The van der Waals surface area contributed by atoms with Gasteiger partial charge in [-0.2, -0.15) is 0 Å². The first-order chi connectivity index (χ1) is 13.5. The Morgan fingerprint density at radius 2 is 1.75 bits per heavy atom. The van der Waals surface area contributed by atoms with E-state index in [1.54, 1.807) is 14.0 Å². The van der Waals surface area contributed by atoms with Crippen LogP contribution in [-0.2, 0) is 6.54 Å². The highest BCUT2D eigenvalue weighted by atomic mass is 19.1. The molecule has 8 heteroatoms. The molecule has 3 rings (SSSR count). The second-order valence-electron chi connectivity index (χ2n) is 5.94. The topological polar surface area (TPSA) is 76.1 Å². The number of methoxy groups -OCH3 is 1. The van der Waals surface area contributed by atoms with Crippen molar-refractivity contribution in [1.29, 1.82) is 0 Å². The first kappa shape index (κ1) is 19.2. The molecule has 0 spiro atoms. The van der Waals surface area contributed by atoms with Gasteiger partial charge in [0, 0.05) is 12.6 Å². The van der Waals surface area contributed by atoms with Crippen molar-refractivity contribution in [2.24, 2.45) is 0 Å². The summed E-state index contributed by atoms with van der Waals surface area (Å²) in [6.45, 7) is 2.09. The smallest absolute Gasteiger partial charge is 0.274 e. The van der Waals surface area contributed by atoms with Crippen LogP contribution in [0.3, 0.4) is 0 Å². The molecule has 0 fully saturated rings. The molecular weight excluding hydrogens is 366 g/mol. The number of benzene rings is 2. The molecular formula is C20H18F2N4O2. The van der Waals surface area contributed by atoms with Gasteiger partial charge in [0.05, 0.1) is 7.11 Å². The van der Waals surface area contributed by atoms with Crippen molar-refractivity contribution in [3.8, 4) is 5.75 Å². The number of rotatable bonds is 6. The molecule has 28 heavy (non-hydrogen) atoms. The molecule has 2 aromatic carbocycles. The number of para-hydroxylation sites is 1. The van der Waals surface area contributed by atoms with Crippen LogP contribution in [0.15, 0.2) is 48.5 Å². The fraction of sp³-hybridized carbons (Fsp3) is 0.150. The van der Waals surface area contributed by atoms with Crippen LogP contribution < -0.4 is 15.4 Å². The van der Waals surface area contributed by atoms with E-state index in [1.165, 1.54) is 12.1 Å². The number of aromatic nitrogens is 2. The normalized spacial score (nSPS) is 10.4. The minimum atomic E-state index is -0.864. The first-order valence-electron chi connectivity index (χ1n) is 8.44. The largest absolute Gasteiger partial charge is 0.497 e. The lowest BCUT2D eigenvalue weighted by molar-refractivity contribution is 0.102. The van der Waals surface area contributed by atoms with Gasteiger partial charge in [0.15, 0.2) is 0 Å². The summed E-state index contributed by atoms with van der Waals surface area (Å²) < 4.78 is 32.6. The third-order valence-corrected chi connectivity index (χ3v) is 3.90. The average molecular weight is 384 g/mol. The van der Waals surface area contributed by atoms with Gasteiger partial charge in [0.25, 0.3) is 5.91 Å². The highest BCUT2D eigenvalue weighted by Gasteiger charge is 2.16. The summed E-state index contributed by atoms with van der Waals surface area (Å²) in [5.74, 6) is -0.946. The van der Waals surface area contributed by atoms with Crippen LogP contribution in [0.25, 0.3) is 0 Å². The number of halogens is 2. The Bertz CT molecular complexity index is 974. The summed E-state index contributed by atoms with van der Waals surface area (Å²) >= 11 is 0. The maximum absolute atomic E-state index is 13.7. The lowest BCUT2D eigenvalue weighted by atomic mass is 10.2. The highest BCUT2D eigenvalue weighted by Crippen LogP contribution is 2.19. The molecule has 6 nitrogen and oxygen atoms in total. The molecule has 0 bridgehead atoms. The number of carbonyl (C=O) groups is 1. The number of anilines is 2. The standard InChI is InChI=1S/C20H18F2N4O2/c1-12-24-17(20(27)26-19-15(21)4-3-5-16(19)22)10-18(25-12)23-11-13-6-8-14(28-2)9-7-13/h3-10H,11H2,1-2H3,(H,26,27)(H,23,24,25). The van der Waals surface area contributed by atoms with Crippen LogP contribution in [0.5, 0.6) is 5.75 Å². The van der Waals surface area contributed by atoms with E-state index in [0.717, 1.165) is 23.4 Å².